The Morgan fingerprint density at radius 3 is 2.57 bits per heavy atom. The quantitative estimate of drug-likeness (QED) is 0.930. The summed E-state index contributed by atoms with van der Waals surface area (Å²) in [7, 11) is 0. The zero-order valence-electron chi connectivity index (χ0n) is 12.1. The van der Waals surface area contributed by atoms with E-state index < -0.39 is 5.82 Å². The number of carbonyl (C=O) groups is 1. The van der Waals surface area contributed by atoms with Gasteiger partial charge in [-0.3, -0.25) is 4.79 Å². The summed E-state index contributed by atoms with van der Waals surface area (Å²) in [5.74, 6) is -0.732. The van der Waals surface area contributed by atoms with Crippen LogP contribution in [0.3, 0.4) is 0 Å². The molecule has 0 saturated carbocycles. The van der Waals surface area contributed by atoms with Gasteiger partial charge in [-0.25, -0.2) is 4.39 Å². The summed E-state index contributed by atoms with van der Waals surface area (Å²) in [6.07, 6.45) is 0. The van der Waals surface area contributed by atoms with Crippen molar-refractivity contribution in [1.29, 1.82) is 0 Å². The average Bonchev–Trinajstić information content (AvgIpc) is 2.48. The third-order valence-corrected chi connectivity index (χ3v) is 3.53. The third-order valence-electron chi connectivity index (χ3n) is 3.53. The molecule has 4 heteroatoms. The van der Waals surface area contributed by atoms with Crippen LogP contribution in [0, 0.1) is 5.82 Å². The largest absolute Gasteiger partial charge is 0.508 e. The molecule has 0 fully saturated rings. The highest BCUT2D eigenvalue weighted by atomic mass is 19.1. The van der Waals surface area contributed by atoms with Crippen LogP contribution in [0.5, 0.6) is 5.75 Å². The Balaban J connectivity index is 2.31. The van der Waals surface area contributed by atoms with Gasteiger partial charge in [0.2, 0.25) is 0 Å². The highest BCUT2D eigenvalue weighted by Gasteiger charge is 2.23. The lowest BCUT2D eigenvalue weighted by molar-refractivity contribution is 0.0697. The lowest BCUT2D eigenvalue weighted by Crippen LogP contribution is -2.34. The Hall–Kier alpha value is -2.36. The maximum Gasteiger partial charge on any atom is 0.257 e. The van der Waals surface area contributed by atoms with Crippen LogP contribution in [-0.2, 0) is 0 Å². The molecule has 0 radical (unpaired) electrons. The zero-order valence-corrected chi connectivity index (χ0v) is 12.1. The van der Waals surface area contributed by atoms with E-state index in [1.54, 1.807) is 35.2 Å². The summed E-state index contributed by atoms with van der Waals surface area (Å²) in [6.45, 7) is 4.15. The Labute approximate surface area is 123 Å². The van der Waals surface area contributed by atoms with Crippen molar-refractivity contribution in [2.75, 3.05) is 6.54 Å². The van der Waals surface area contributed by atoms with Gasteiger partial charge in [0.1, 0.15) is 11.6 Å². The van der Waals surface area contributed by atoms with Gasteiger partial charge in [0, 0.05) is 6.54 Å². The Morgan fingerprint density at radius 1 is 1.24 bits per heavy atom. The molecular weight excluding hydrogens is 269 g/mol. The van der Waals surface area contributed by atoms with Crippen molar-refractivity contribution in [1.82, 2.24) is 4.90 Å². The van der Waals surface area contributed by atoms with Crippen LogP contribution in [-0.4, -0.2) is 22.5 Å². The number of aromatic hydroxyl groups is 1. The number of nitrogens with zero attached hydrogens (tertiary/aromatic N) is 1. The molecule has 2 rings (SSSR count). The molecule has 0 saturated heterocycles. The molecule has 1 N–H and O–H groups in total. The molecule has 1 amide bonds. The minimum absolute atomic E-state index is 0.0614. The monoisotopic (exact) mass is 287 g/mol. The normalized spacial score (nSPS) is 12.0. The molecule has 1 unspecified atom stereocenters. The molecule has 0 aliphatic rings. The van der Waals surface area contributed by atoms with Crippen LogP contribution in [0.2, 0.25) is 0 Å². The first-order valence-electron chi connectivity index (χ1n) is 6.89. The van der Waals surface area contributed by atoms with E-state index in [0.29, 0.717) is 6.54 Å². The molecule has 2 aromatic rings. The number of amides is 1. The Kier molecular flexibility index (Phi) is 4.58. The second-order valence-corrected chi connectivity index (χ2v) is 4.84. The van der Waals surface area contributed by atoms with Crippen molar-refractivity contribution < 1.29 is 14.3 Å². The number of carbonyl (C=O) groups excluding carboxylic acids is 1. The van der Waals surface area contributed by atoms with E-state index in [4.69, 9.17) is 0 Å². The van der Waals surface area contributed by atoms with Crippen LogP contribution < -0.4 is 0 Å². The molecule has 0 spiro atoms. The number of phenolic OH excluding ortho intramolecular Hbond substituents is 1. The molecule has 0 aliphatic carbocycles. The molecule has 21 heavy (non-hydrogen) atoms. The number of halogens is 1. The topological polar surface area (TPSA) is 40.5 Å². The van der Waals surface area contributed by atoms with E-state index in [9.17, 15) is 14.3 Å². The number of hydrogen-bond donors (Lipinski definition) is 1. The van der Waals surface area contributed by atoms with Crippen LogP contribution in [0.25, 0.3) is 0 Å². The standard InChI is InChI=1S/C17H18FNO2/c1-3-19(12(2)13-7-6-8-14(20)11-13)17(21)15-9-4-5-10-16(15)18/h4-12,20H,3H2,1-2H3. The fourth-order valence-electron chi connectivity index (χ4n) is 2.35. The lowest BCUT2D eigenvalue weighted by atomic mass is 10.0. The zero-order chi connectivity index (χ0) is 15.4. The summed E-state index contributed by atoms with van der Waals surface area (Å²) >= 11 is 0. The van der Waals surface area contributed by atoms with Gasteiger partial charge in [-0.2, -0.15) is 0 Å². The molecule has 0 bridgehead atoms. The minimum atomic E-state index is -0.524. The molecule has 3 nitrogen and oxygen atoms in total. The van der Waals surface area contributed by atoms with Gasteiger partial charge in [0.15, 0.2) is 0 Å². The second kappa shape index (κ2) is 6.39. The molecule has 2 aromatic carbocycles. The fourth-order valence-corrected chi connectivity index (χ4v) is 2.35. The van der Waals surface area contributed by atoms with Gasteiger partial charge in [-0.1, -0.05) is 24.3 Å². The first kappa shape index (κ1) is 15.0. The molecule has 0 aliphatic heterocycles. The van der Waals surface area contributed by atoms with Crippen molar-refractivity contribution in [3.8, 4) is 5.75 Å². The minimum Gasteiger partial charge on any atom is -0.508 e. The van der Waals surface area contributed by atoms with E-state index in [1.807, 2.05) is 19.9 Å². The van der Waals surface area contributed by atoms with Crippen LogP contribution in [0.4, 0.5) is 4.39 Å². The van der Waals surface area contributed by atoms with Crippen LogP contribution >= 0.6 is 0 Å². The van der Waals surface area contributed by atoms with Gasteiger partial charge in [-0.15, -0.1) is 0 Å². The molecule has 1 atom stereocenters. The van der Waals surface area contributed by atoms with E-state index >= 15 is 0 Å². The fraction of sp³-hybridized carbons (Fsp3) is 0.235. The van der Waals surface area contributed by atoms with Gasteiger partial charge in [0.05, 0.1) is 11.6 Å². The molecule has 0 aromatic heterocycles. The van der Waals surface area contributed by atoms with Crippen LogP contribution in [0.1, 0.15) is 35.8 Å². The Bertz CT molecular complexity index is 642. The predicted molar refractivity (Wildman–Crippen MR) is 79.6 cm³/mol. The predicted octanol–water partition coefficient (Wildman–Crippen LogP) is 3.75. The van der Waals surface area contributed by atoms with Gasteiger partial charge in [0.25, 0.3) is 5.91 Å². The van der Waals surface area contributed by atoms with Crippen LogP contribution in [0.15, 0.2) is 48.5 Å². The summed E-state index contributed by atoms with van der Waals surface area (Å²) in [5.41, 5.74) is 0.868. The van der Waals surface area contributed by atoms with Crippen molar-refractivity contribution in [3.05, 3.63) is 65.5 Å². The molecule has 0 heterocycles. The second-order valence-electron chi connectivity index (χ2n) is 4.84. The summed E-state index contributed by atoms with van der Waals surface area (Å²) < 4.78 is 13.8. The van der Waals surface area contributed by atoms with E-state index in [1.165, 1.54) is 12.1 Å². The first-order chi connectivity index (χ1) is 10.0. The summed E-state index contributed by atoms with van der Waals surface area (Å²) in [5, 5.41) is 9.55. The lowest BCUT2D eigenvalue weighted by Gasteiger charge is -2.28. The smallest absolute Gasteiger partial charge is 0.257 e. The highest BCUT2D eigenvalue weighted by molar-refractivity contribution is 5.94. The molecular formula is C17H18FNO2. The van der Waals surface area contributed by atoms with E-state index in [0.717, 1.165) is 5.56 Å². The summed E-state index contributed by atoms with van der Waals surface area (Å²) in [4.78, 5) is 14.1. The number of rotatable bonds is 4. The molecule has 110 valence electrons. The maximum atomic E-state index is 13.8. The van der Waals surface area contributed by atoms with Crippen molar-refractivity contribution in [2.45, 2.75) is 19.9 Å². The van der Waals surface area contributed by atoms with E-state index in [-0.39, 0.29) is 23.3 Å². The van der Waals surface area contributed by atoms with Gasteiger partial charge >= 0.3 is 0 Å². The van der Waals surface area contributed by atoms with Gasteiger partial charge < -0.3 is 10.0 Å². The number of phenols is 1. The maximum absolute atomic E-state index is 13.8. The van der Waals surface area contributed by atoms with Crippen molar-refractivity contribution in [3.63, 3.8) is 0 Å². The SMILES string of the molecule is CCN(C(=O)c1ccccc1F)C(C)c1cccc(O)c1. The highest BCUT2D eigenvalue weighted by Crippen LogP contribution is 2.25. The number of hydrogen-bond acceptors (Lipinski definition) is 2. The van der Waals surface area contributed by atoms with Crippen molar-refractivity contribution in [2.24, 2.45) is 0 Å². The average molecular weight is 287 g/mol. The third kappa shape index (κ3) is 3.21. The number of benzene rings is 2. The Morgan fingerprint density at radius 2 is 1.95 bits per heavy atom. The first-order valence-corrected chi connectivity index (χ1v) is 6.89. The summed E-state index contributed by atoms with van der Waals surface area (Å²) in [6, 6.07) is 12.5. The van der Waals surface area contributed by atoms with Gasteiger partial charge in [-0.05, 0) is 43.7 Å². The van der Waals surface area contributed by atoms with E-state index in [2.05, 4.69) is 0 Å². The van der Waals surface area contributed by atoms with Crippen molar-refractivity contribution >= 4 is 5.91 Å².